The summed E-state index contributed by atoms with van der Waals surface area (Å²) in [6.45, 7) is 4.66. The quantitative estimate of drug-likeness (QED) is 0.777. The lowest BCUT2D eigenvalue weighted by molar-refractivity contribution is 0.252. The van der Waals surface area contributed by atoms with Crippen LogP contribution in [0.25, 0.3) is 0 Å². The van der Waals surface area contributed by atoms with E-state index in [-0.39, 0.29) is 6.03 Å². The van der Waals surface area contributed by atoms with Gasteiger partial charge in [0.2, 0.25) is 0 Å². The minimum absolute atomic E-state index is 0.182. The van der Waals surface area contributed by atoms with Crippen LogP contribution < -0.4 is 10.6 Å². The number of carbonyl (C=O) groups is 1. The molecule has 0 atom stereocenters. The Balaban J connectivity index is 2.53. The Kier molecular flexibility index (Phi) is 5.12. The Morgan fingerprint density at radius 3 is 2.88 bits per heavy atom. The monoisotopic (exact) mass is 240 g/mol. The summed E-state index contributed by atoms with van der Waals surface area (Å²) >= 11 is 5.95. The molecule has 0 aliphatic carbocycles. The molecule has 0 saturated carbocycles. The number of anilines is 1. The molecule has 16 heavy (non-hydrogen) atoms. The summed E-state index contributed by atoms with van der Waals surface area (Å²) in [4.78, 5) is 11.5. The third-order valence-electron chi connectivity index (χ3n) is 2.33. The van der Waals surface area contributed by atoms with E-state index in [1.54, 1.807) is 6.07 Å². The van der Waals surface area contributed by atoms with Crippen LogP contribution in [0.3, 0.4) is 0 Å². The zero-order chi connectivity index (χ0) is 12.0. The van der Waals surface area contributed by atoms with Gasteiger partial charge in [0.05, 0.1) is 0 Å². The van der Waals surface area contributed by atoms with Gasteiger partial charge in [0.15, 0.2) is 0 Å². The molecule has 0 radical (unpaired) electrons. The van der Waals surface area contributed by atoms with Crippen LogP contribution in [0, 0.1) is 6.92 Å². The van der Waals surface area contributed by atoms with Crippen LogP contribution in [0.4, 0.5) is 10.5 Å². The van der Waals surface area contributed by atoms with Crippen LogP contribution in [0.1, 0.15) is 25.3 Å². The maximum Gasteiger partial charge on any atom is 0.319 e. The Bertz CT molecular complexity index is 366. The summed E-state index contributed by atoms with van der Waals surface area (Å²) in [5, 5.41) is 6.22. The van der Waals surface area contributed by atoms with Gasteiger partial charge in [-0.1, -0.05) is 31.0 Å². The molecule has 0 spiro atoms. The fourth-order valence-electron chi connectivity index (χ4n) is 1.29. The van der Waals surface area contributed by atoms with Gasteiger partial charge >= 0.3 is 6.03 Å². The molecule has 88 valence electrons. The number of benzene rings is 1. The Hall–Kier alpha value is -1.22. The first kappa shape index (κ1) is 12.8. The van der Waals surface area contributed by atoms with E-state index < -0.39 is 0 Å². The molecule has 0 unspecified atom stereocenters. The largest absolute Gasteiger partial charge is 0.338 e. The van der Waals surface area contributed by atoms with Crippen molar-refractivity contribution in [3.05, 3.63) is 28.8 Å². The first-order chi connectivity index (χ1) is 7.65. The second-order valence-electron chi connectivity index (χ2n) is 3.65. The van der Waals surface area contributed by atoms with Crippen molar-refractivity contribution in [2.45, 2.75) is 26.7 Å². The van der Waals surface area contributed by atoms with Gasteiger partial charge in [0.1, 0.15) is 0 Å². The lowest BCUT2D eigenvalue weighted by Crippen LogP contribution is -2.29. The number of hydrogen-bond acceptors (Lipinski definition) is 1. The predicted octanol–water partition coefficient (Wildman–Crippen LogP) is 3.57. The third kappa shape index (κ3) is 3.74. The van der Waals surface area contributed by atoms with E-state index in [1.807, 2.05) is 19.1 Å². The molecular weight excluding hydrogens is 224 g/mol. The van der Waals surface area contributed by atoms with Crippen LogP contribution in [-0.2, 0) is 0 Å². The summed E-state index contributed by atoms with van der Waals surface area (Å²) in [6.07, 6.45) is 2.05. The topological polar surface area (TPSA) is 41.1 Å². The van der Waals surface area contributed by atoms with E-state index in [1.165, 1.54) is 0 Å². The molecule has 4 heteroatoms. The van der Waals surface area contributed by atoms with Gasteiger partial charge in [0.25, 0.3) is 0 Å². The smallest absolute Gasteiger partial charge is 0.319 e. The van der Waals surface area contributed by atoms with E-state index in [9.17, 15) is 4.79 Å². The second kappa shape index (κ2) is 6.38. The van der Waals surface area contributed by atoms with E-state index in [0.717, 1.165) is 24.1 Å². The maximum atomic E-state index is 11.5. The van der Waals surface area contributed by atoms with Crippen molar-refractivity contribution in [2.24, 2.45) is 0 Å². The lowest BCUT2D eigenvalue weighted by Gasteiger charge is -2.10. The van der Waals surface area contributed by atoms with Gasteiger partial charge < -0.3 is 10.6 Å². The number of nitrogens with one attached hydrogen (secondary N) is 2. The van der Waals surface area contributed by atoms with Crippen LogP contribution in [0.5, 0.6) is 0 Å². The van der Waals surface area contributed by atoms with E-state index in [0.29, 0.717) is 11.6 Å². The maximum absolute atomic E-state index is 11.5. The Morgan fingerprint density at radius 1 is 1.44 bits per heavy atom. The van der Waals surface area contributed by atoms with Crippen LogP contribution >= 0.6 is 11.6 Å². The van der Waals surface area contributed by atoms with Crippen LogP contribution in [0.15, 0.2) is 18.2 Å². The van der Waals surface area contributed by atoms with Crippen molar-refractivity contribution in [1.29, 1.82) is 0 Å². The SMILES string of the molecule is CCCCNC(=O)Nc1cccc(Cl)c1C. The summed E-state index contributed by atoms with van der Waals surface area (Å²) in [5.41, 5.74) is 1.64. The van der Waals surface area contributed by atoms with Gasteiger partial charge in [-0.25, -0.2) is 4.79 Å². The summed E-state index contributed by atoms with van der Waals surface area (Å²) in [7, 11) is 0. The average Bonchev–Trinajstić information content (AvgIpc) is 2.25. The predicted molar refractivity (Wildman–Crippen MR) is 68.1 cm³/mol. The van der Waals surface area contributed by atoms with Crippen molar-refractivity contribution >= 4 is 23.3 Å². The first-order valence-corrected chi connectivity index (χ1v) is 5.83. The molecule has 1 aromatic carbocycles. The normalized spacial score (nSPS) is 9.94. The van der Waals surface area contributed by atoms with Crippen molar-refractivity contribution < 1.29 is 4.79 Å². The zero-order valence-electron chi connectivity index (χ0n) is 9.64. The van der Waals surface area contributed by atoms with Gasteiger partial charge in [0, 0.05) is 17.3 Å². The van der Waals surface area contributed by atoms with Crippen molar-refractivity contribution in [3.63, 3.8) is 0 Å². The first-order valence-electron chi connectivity index (χ1n) is 5.45. The van der Waals surface area contributed by atoms with E-state index in [4.69, 9.17) is 11.6 Å². The summed E-state index contributed by atoms with van der Waals surface area (Å²) in [5.74, 6) is 0. The number of unbranched alkanes of at least 4 members (excludes halogenated alkanes) is 1. The molecule has 0 fully saturated rings. The van der Waals surface area contributed by atoms with E-state index >= 15 is 0 Å². The van der Waals surface area contributed by atoms with Gasteiger partial charge in [-0.05, 0) is 31.0 Å². The van der Waals surface area contributed by atoms with Gasteiger partial charge in [-0.3, -0.25) is 0 Å². The molecule has 0 aromatic heterocycles. The van der Waals surface area contributed by atoms with Crippen LogP contribution in [-0.4, -0.2) is 12.6 Å². The van der Waals surface area contributed by atoms with Crippen molar-refractivity contribution in [1.82, 2.24) is 5.32 Å². The summed E-state index contributed by atoms with van der Waals surface area (Å²) < 4.78 is 0. The van der Waals surface area contributed by atoms with Crippen LogP contribution in [0.2, 0.25) is 5.02 Å². The average molecular weight is 241 g/mol. The van der Waals surface area contributed by atoms with Gasteiger partial charge in [-0.15, -0.1) is 0 Å². The van der Waals surface area contributed by atoms with Gasteiger partial charge in [-0.2, -0.15) is 0 Å². The number of hydrogen-bond donors (Lipinski definition) is 2. The standard InChI is InChI=1S/C12H17ClN2O/c1-3-4-8-14-12(16)15-11-7-5-6-10(13)9(11)2/h5-7H,3-4,8H2,1-2H3,(H2,14,15,16). The number of carbonyl (C=O) groups excluding carboxylic acids is 1. The highest BCUT2D eigenvalue weighted by Crippen LogP contribution is 2.22. The minimum Gasteiger partial charge on any atom is -0.338 e. The number of amides is 2. The molecule has 0 heterocycles. The highest BCUT2D eigenvalue weighted by atomic mass is 35.5. The van der Waals surface area contributed by atoms with Crippen molar-refractivity contribution in [3.8, 4) is 0 Å². The molecular formula is C12H17ClN2O. The zero-order valence-corrected chi connectivity index (χ0v) is 10.4. The number of rotatable bonds is 4. The lowest BCUT2D eigenvalue weighted by atomic mass is 10.2. The fourth-order valence-corrected chi connectivity index (χ4v) is 1.46. The van der Waals surface area contributed by atoms with E-state index in [2.05, 4.69) is 17.6 Å². The molecule has 2 N–H and O–H groups in total. The summed E-state index contributed by atoms with van der Waals surface area (Å²) in [6, 6.07) is 5.27. The highest BCUT2D eigenvalue weighted by Gasteiger charge is 2.05. The molecule has 0 saturated heterocycles. The molecule has 0 bridgehead atoms. The second-order valence-corrected chi connectivity index (χ2v) is 4.05. The Morgan fingerprint density at radius 2 is 2.19 bits per heavy atom. The Labute approximate surface area is 101 Å². The molecule has 2 amide bonds. The molecule has 0 aliphatic rings. The minimum atomic E-state index is -0.182. The highest BCUT2D eigenvalue weighted by molar-refractivity contribution is 6.31. The fraction of sp³-hybridized carbons (Fsp3) is 0.417. The molecule has 0 aliphatic heterocycles. The molecule has 3 nitrogen and oxygen atoms in total. The molecule has 1 rings (SSSR count). The number of halogens is 1. The third-order valence-corrected chi connectivity index (χ3v) is 2.74. The molecule has 1 aromatic rings. The van der Waals surface area contributed by atoms with Crippen molar-refractivity contribution in [2.75, 3.05) is 11.9 Å². The number of urea groups is 1.